The molecule has 7 heteroatoms. The second kappa shape index (κ2) is 6.39. The third kappa shape index (κ3) is 3.51. The van der Waals surface area contributed by atoms with Gasteiger partial charge in [0.05, 0.1) is 18.1 Å². The normalized spacial score (nSPS) is 14.2. The van der Waals surface area contributed by atoms with Crippen LogP contribution in [0.5, 0.6) is 0 Å². The van der Waals surface area contributed by atoms with E-state index in [-0.39, 0.29) is 0 Å². The monoisotopic (exact) mass is 328 g/mol. The van der Waals surface area contributed by atoms with Gasteiger partial charge in [-0.2, -0.15) is 10.4 Å². The summed E-state index contributed by atoms with van der Waals surface area (Å²) in [5, 5.41) is 14.8. The Morgan fingerprint density at radius 2 is 2.30 bits per heavy atom. The topological polar surface area (TPSA) is 70.1 Å². The van der Waals surface area contributed by atoms with Crippen molar-refractivity contribution in [2.24, 2.45) is 4.99 Å². The first-order valence-electron chi connectivity index (χ1n) is 7.41. The molecule has 0 atom stereocenters. The molecule has 0 unspecified atom stereocenters. The Balaban J connectivity index is 2.00. The van der Waals surface area contributed by atoms with Crippen LogP contribution in [0.3, 0.4) is 0 Å². The summed E-state index contributed by atoms with van der Waals surface area (Å²) in [6, 6.07) is 6.12. The summed E-state index contributed by atoms with van der Waals surface area (Å²) >= 11 is 6.01. The molecule has 2 aromatic rings. The van der Waals surface area contributed by atoms with Crippen LogP contribution in [0.4, 0.5) is 5.82 Å². The van der Waals surface area contributed by atoms with Gasteiger partial charge < -0.3 is 4.90 Å². The molecule has 118 valence electrons. The molecule has 1 aliphatic carbocycles. The van der Waals surface area contributed by atoms with Crippen molar-refractivity contribution >= 4 is 23.8 Å². The number of halogens is 1. The van der Waals surface area contributed by atoms with Gasteiger partial charge in [0.25, 0.3) is 0 Å². The maximum absolute atomic E-state index is 9.58. The van der Waals surface area contributed by atoms with Gasteiger partial charge in [0.2, 0.25) is 0 Å². The fourth-order valence-corrected chi connectivity index (χ4v) is 2.48. The quantitative estimate of drug-likeness (QED) is 0.625. The van der Waals surface area contributed by atoms with Gasteiger partial charge in [-0.15, -0.1) is 0 Å². The van der Waals surface area contributed by atoms with Gasteiger partial charge in [-0.25, -0.2) is 9.67 Å². The number of rotatable bonds is 5. The van der Waals surface area contributed by atoms with E-state index in [1.165, 1.54) is 0 Å². The maximum atomic E-state index is 9.58. The van der Waals surface area contributed by atoms with Crippen LogP contribution in [-0.2, 0) is 6.42 Å². The summed E-state index contributed by atoms with van der Waals surface area (Å²) in [7, 11) is 3.79. The van der Waals surface area contributed by atoms with Crippen molar-refractivity contribution in [3.8, 4) is 6.07 Å². The van der Waals surface area contributed by atoms with Gasteiger partial charge in [0.15, 0.2) is 5.82 Å². The minimum Gasteiger partial charge on any atom is -0.369 e. The molecule has 1 fully saturated rings. The van der Waals surface area contributed by atoms with Crippen LogP contribution in [0.2, 0.25) is 5.02 Å². The number of nitrogens with zero attached hydrogens (tertiary/aromatic N) is 6. The van der Waals surface area contributed by atoms with E-state index in [1.807, 2.05) is 23.7 Å². The largest absolute Gasteiger partial charge is 0.369 e. The molecule has 0 aliphatic heterocycles. The second-order valence-electron chi connectivity index (χ2n) is 5.78. The Bertz CT molecular complexity index is 782. The van der Waals surface area contributed by atoms with Crippen LogP contribution in [0.15, 0.2) is 23.3 Å². The Morgan fingerprint density at radius 1 is 1.52 bits per heavy atom. The first-order valence-corrected chi connectivity index (χ1v) is 7.79. The number of aliphatic imine (C=N–C) groups is 1. The first kappa shape index (κ1) is 15.5. The third-order valence-electron chi connectivity index (χ3n) is 3.50. The highest BCUT2D eigenvalue weighted by Gasteiger charge is 2.30. The lowest BCUT2D eigenvalue weighted by Crippen LogP contribution is -2.07. The standard InChI is InChI=1S/C16H17ClN6/c1-22(2)10-20-16-14(9-18)15(21-23(16)13-3-4-13)8-12-7-11(17)5-6-19-12/h5-7,10,13H,3-4,8H2,1-2H3/b20-10+. The molecule has 1 aliphatic rings. The van der Waals surface area contributed by atoms with Gasteiger partial charge in [-0.3, -0.25) is 4.98 Å². The SMILES string of the molecule is CN(C)/C=N/c1c(C#N)c(Cc2cc(Cl)ccn2)nn1C1CC1. The summed E-state index contributed by atoms with van der Waals surface area (Å²) in [6.07, 6.45) is 5.97. The van der Waals surface area contributed by atoms with Crippen molar-refractivity contribution in [3.05, 3.63) is 40.3 Å². The first-order chi connectivity index (χ1) is 11.1. The predicted octanol–water partition coefficient (Wildman–Crippen LogP) is 2.95. The lowest BCUT2D eigenvalue weighted by Gasteiger charge is -2.04. The molecule has 2 heterocycles. The molecular formula is C16H17ClN6. The van der Waals surface area contributed by atoms with E-state index in [9.17, 15) is 5.26 Å². The minimum absolute atomic E-state index is 0.345. The van der Waals surface area contributed by atoms with E-state index in [2.05, 4.69) is 21.1 Å². The summed E-state index contributed by atoms with van der Waals surface area (Å²) in [5.74, 6) is 0.626. The number of aromatic nitrogens is 3. The van der Waals surface area contributed by atoms with Gasteiger partial charge in [0, 0.05) is 37.4 Å². The number of hydrogen-bond acceptors (Lipinski definition) is 4. The molecular weight excluding hydrogens is 312 g/mol. The summed E-state index contributed by atoms with van der Waals surface area (Å²) in [5.41, 5.74) is 1.99. The van der Waals surface area contributed by atoms with Crippen molar-refractivity contribution in [1.82, 2.24) is 19.7 Å². The zero-order valence-corrected chi connectivity index (χ0v) is 13.8. The predicted molar refractivity (Wildman–Crippen MR) is 89.1 cm³/mol. The molecule has 1 saturated carbocycles. The average molecular weight is 329 g/mol. The fraction of sp³-hybridized carbons (Fsp3) is 0.375. The zero-order chi connectivity index (χ0) is 16.4. The van der Waals surface area contributed by atoms with E-state index in [1.54, 1.807) is 24.7 Å². The molecule has 6 nitrogen and oxygen atoms in total. The highest BCUT2D eigenvalue weighted by molar-refractivity contribution is 6.30. The average Bonchev–Trinajstić information content (AvgIpc) is 3.28. The molecule has 23 heavy (non-hydrogen) atoms. The summed E-state index contributed by atoms with van der Waals surface area (Å²) < 4.78 is 1.87. The van der Waals surface area contributed by atoms with Crippen molar-refractivity contribution in [1.29, 1.82) is 5.26 Å². The third-order valence-corrected chi connectivity index (χ3v) is 3.74. The molecule has 0 N–H and O–H groups in total. The van der Waals surface area contributed by atoms with Gasteiger partial charge >= 0.3 is 0 Å². The van der Waals surface area contributed by atoms with Crippen molar-refractivity contribution in [3.63, 3.8) is 0 Å². The van der Waals surface area contributed by atoms with Crippen LogP contribution in [0.25, 0.3) is 0 Å². The van der Waals surface area contributed by atoms with Crippen LogP contribution in [-0.4, -0.2) is 40.1 Å². The lowest BCUT2D eigenvalue weighted by molar-refractivity contribution is 0.625. The minimum atomic E-state index is 0.345. The van der Waals surface area contributed by atoms with E-state index in [0.29, 0.717) is 34.6 Å². The molecule has 3 rings (SSSR count). The summed E-state index contributed by atoms with van der Waals surface area (Å²) in [4.78, 5) is 10.6. The van der Waals surface area contributed by atoms with E-state index in [4.69, 9.17) is 11.6 Å². The summed E-state index contributed by atoms with van der Waals surface area (Å²) in [6.45, 7) is 0. The number of hydrogen-bond donors (Lipinski definition) is 0. The fourth-order valence-electron chi connectivity index (χ4n) is 2.29. The highest BCUT2D eigenvalue weighted by Crippen LogP contribution is 2.39. The highest BCUT2D eigenvalue weighted by atomic mass is 35.5. The molecule has 0 amide bonds. The Morgan fingerprint density at radius 3 is 2.91 bits per heavy atom. The molecule has 0 bridgehead atoms. The Kier molecular flexibility index (Phi) is 4.30. The van der Waals surface area contributed by atoms with Gasteiger partial charge in [-0.05, 0) is 25.0 Å². The van der Waals surface area contributed by atoms with Crippen LogP contribution in [0, 0.1) is 11.3 Å². The smallest absolute Gasteiger partial charge is 0.170 e. The van der Waals surface area contributed by atoms with Crippen LogP contribution < -0.4 is 0 Å². The molecule has 0 spiro atoms. The number of nitriles is 1. The maximum Gasteiger partial charge on any atom is 0.170 e. The zero-order valence-electron chi connectivity index (χ0n) is 13.1. The van der Waals surface area contributed by atoms with Crippen LogP contribution in [0.1, 0.15) is 35.8 Å². The van der Waals surface area contributed by atoms with Crippen molar-refractivity contribution in [2.75, 3.05) is 14.1 Å². The molecule has 0 saturated heterocycles. The van der Waals surface area contributed by atoms with Crippen molar-refractivity contribution < 1.29 is 0 Å². The van der Waals surface area contributed by atoms with E-state index < -0.39 is 0 Å². The van der Waals surface area contributed by atoms with E-state index >= 15 is 0 Å². The van der Waals surface area contributed by atoms with Crippen molar-refractivity contribution in [2.45, 2.75) is 25.3 Å². The second-order valence-corrected chi connectivity index (χ2v) is 6.22. The molecule has 0 radical (unpaired) electrons. The lowest BCUT2D eigenvalue weighted by atomic mass is 10.1. The van der Waals surface area contributed by atoms with E-state index in [0.717, 1.165) is 18.5 Å². The van der Waals surface area contributed by atoms with Gasteiger partial charge in [-0.1, -0.05) is 11.6 Å². The number of pyridine rings is 1. The Hall–Kier alpha value is -2.39. The Labute approximate surface area is 140 Å². The van der Waals surface area contributed by atoms with Gasteiger partial charge in [0.1, 0.15) is 11.6 Å². The molecule has 0 aromatic carbocycles. The molecule has 2 aromatic heterocycles. The van der Waals surface area contributed by atoms with Crippen LogP contribution >= 0.6 is 11.6 Å².